The molecule has 0 aliphatic heterocycles. The van der Waals surface area contributed by atoms with Crippen LogP contribution in [-0.2, 0) is 11.3 Å². The maximum absolute atomic E-state index is 5.21. The quantitative estimate of drug-likeness (QED) is 0.752. The van der Waals surface area contributed by atoms with Crippen LogP contribution in [0, 0.1) is 5.92 Å². The number of hydrogen-bond donors (Lipinski definition) is 1. The molecule has 4 nitrogen and oxygen atoms in total. The lowest BCUT2D eigenvalue weighted by atomic mass is 10.2. The molecule has 4 heteroatoms. The minimum Gasteiger partial charge on any atom is -0.383 e. The smallest absolute Gasteiger partial charge is 0.128 e. The first-order valence-corrected chi connectivity index (χ1v) is 7.62. The van der Waals surface area contributed by atoms with Crippen molar-refractivity contribution < 1.29 is 4.74 Å². The maximum atomic E-state index is 5.21. The third-order valence-corrected chi connectivity index (χ3v) is 3.42. The van der Waals surface area contributed by atoms with Gasteiger partial charge in [0, 0.05) is 32.8 Å². The van der Waals surface area contributed by atoms with Crippen molar-refractivity contribution in [3.8, 4) is 0 Å². The molecule has 0 atom stereocenters. The molecule has 0 saturated heterocycles. The Labute approximate surface area is 122 Å². The Hall–Kier alpha value is -1.13. The molecule has 2 rings (SSSR count). The van der Waals surface area contributed by atoms with Crippen LogP contribution in [0.4, 0.5) is 5.82 Å². The molecule has 1 aliphatic rings. The zero-order chi connectivity index (χ0) is 14.4. The van der Waals surface area contributed by atoms with Crippen molar-refractivity contribution in [2.24, 2.45) is 5.92 Å². The lowest BCUT2D eigenvalue weighted by molar-refractivity contribution is 0.204. The van der Waals surface area contributed by atoms with Gasteiger partial charge in [-0.25, -0.2) is 4.98 Å². The molecule has 0 bridgehead atoms. The molecule has 1 saturated carbocycles. The average molecular weight is 277 g/mol. The molecule has 112 valence electrons. The van der Waals surface area contributed by atoms with E-state index in [0.717, 1.165) is 43.8 Å². The first-order valence-electron chi connectivity index (χ1n) is 7.62. The van der Waals surface area contributed by atoms with Crippen LogP contribution in [0.2, 0.25) is 0 Å². The number of anilines is 1. The van der Waals surface area contributed by atoms with E-state index in [1.165, 1.54) is 12.8 Å². The van der Waals surface area contributed by atoms with Crippen molar-refractivity contribution >= 4 is 5.82 Å². The Morgan fingerprint density at radius 2 is 2.20 bits per heavy atom. The van der Waals surface area contributed by atoms with E-state index in [2.05, 4.69) is 42.3 Å². The molecule has 0 spiro atoms. The van der Waals surface area contributed by atoms with Gasteiger partial charge < -0.3 is 15.0 Å². The Balaban J connectivity index is 1.99. The van der Waals surface area contributed by atoms with Gasteiger partial charge in [0.2, 0.25) is 0 Å². The van der Waals surface area contributed by atoms with Gasteiger partial charge in [0.1, 0.15) is 5.82 Å². The predicted molar refractivity (Wildman–Crippen MR) is 83.0 cm³/mol. The minimum absolute atomic E-state index is 0.613. The molecule has 1 N–H and O–H groups in total. The molecule has 0 amide bonds. The lowest BCUT2D eigenvalue weighted by Gasteiger charge is -2.25. The number of nitrogens with zero attached hydrogens (tertiary/aromatic N) is 2. The fourth-order valence-corrected chi connectivity index (χ4v) is 2.22. The van der Waals surface area contributed by atoms with Crippen LogP contribution in [0.1, 0.15) is 32.4 Å². The second-order valence-electron chi connectivity index (χ2n) is 5.97. The van der Waals surface area contributed by atoms with Crippen LogP contribution in [0.5, 0.6) is 0 Å². The summed E-state index contributed by atoms with van der Waals surface area (Å²) in [6.45, 7) is 7.98. The monoisotopic (exact) mass is 277 g/mol. The Morgan fingerprint density at radius 1 is 1.40 bits per heavy atom. The van der Waals surface area contributed by atoms with Gasteiger partial charge in [-0.15, -0.1) is 0 Å². The standard InChI is InChI=1S/C16H27N3O/c1-13(2)12-19(9-10-20-3)16-6-4-5-15(18-16)11-17-14-7-8-14/h4-6,13-14,17H,7-12H2,1-3H3. The molecule has 0 unspecified atom stereocenters. The lowest BCUT2D eigenvalue weighted by Crippen LogP contribution is -2.32. The second-order valence-corrected chi connectivity index (χ2v) is 5.97. The van der Waals surface area contributed by atoms with Gasteiger partial charge in [-0.05, 0) is 30.9 Å². The van der Waals surface area contributed by atoms with E-state index in [-0.39, 0.29) is 0 Å². The van der Waals surface area contributed by atoms with E-state index >= 15 is 0 Å². The summed E-state index contributed by atoms with van der Waals surface area (Å²) >= 11 is 0. The molecule has 1 fully saturated rings. The number of aromatic nitrogens is 1. The normalized spacial score (nSPS) is 14.8. The van der Waals surface area contributed by atoms with Crippen LogP contribution >= 0.6 is 0 Å². The number of rotatable bonds is 9. The number of ether oxygens (including phenoxy) is 1. The zero-order valence-electron chi connectivity index (χ0n) is 12.9. The van der Waals surface area contributed by atoms with Gasteiger partial charge in [0.25, 0.3) is 0 Å². The van der Waals surface area contributed by atoms with Gasteiger partial charge in [-0.3, -0.25) is 0 Å². The fraction of sp³-hybridized carbons (Fsp3) is 0.688. The van der Waals surface area contributed by atoms with Gasteiger partial charge in [0.05, 0.1) is 12.3 Å². The molecule has 0 aromatic carbocycles. The predicted octanol–water partition coefficient (Wildman–Crippen LogP) is 2.44. The number of methoxy groups -OCH3 is 1. The van der Waals surface area contributed by atoms with E-state index in [0.29, 0.717) is 5.92 Å². The van der Waals surface area contributed by atoms with E-state index in [1.54, 1.807) is 7.11 Å². The highest BCUT2D eigenvalue weighted by atomic mass is 16.5. The largest absolute Gasteiger partial charge is 0.383 e. The van der Waals surface area contributed by atoms with E-state index in [1.807, 2.05) is 0 Å². The SMILES string of the molecule is COCCN(CC(C)C)c1cccc(CNC2CC2)n1. The van der Waals surface area contributed by atoms with Crippen molar-refractivity contribution in [3.05, 3.63) is 23.9 Å². The number of nitrogens with one attached hydrogen (secondary N) is 1. The third-order valence-electron chi connectivity index (χ3n) is 3.42. The average Bonchev–Trinajstić information content (AvgIpc) is 3.25. The summed E-state index contributed by atoms with van der Waals surface area (Å²) in [6.07, 6.45) is 2.63. The fourth-order valence-electron chi connectivity index (χ4n) is 2.22. The summed E-state index contributed by atoms with van der Waals surface area (Å²) in [6, 6.07) is 7.02. The van der Waals surface area contributed by atoms with E-state index in [4.69, 9.17) is 9.72 Å². The van der Waals surface area contributed by atoms with Crippen molar-refractivity contribution in [2.75, 3.05) is 31.7 Å². The van der Waals surface area contributed by atoms with Crippen LogP contribution in [0.25, 0.3) is 0 Å². The maximum Gasteiger partial charge on any atom is 0.128 e. The van der Waals surface area contributed by atoms with Gasteiger partial charge in [-0.1, -0.05) is 19.9 Å². The molecule has 0 radical (unpaired) electrons. The molecule has 1 aliphatic carbocycles. The van der Waals surface area contributed by atoms with Gasteiger partial charge in [0.15, 0.2) is 0 Å². The van der Waals surface area contributed by atoms with Gasteiger partial charge in [-0.2, -0.15) is 0 Å². The van der Waals surface area contributed by atoms with Gasteiger partial charge >= 0.3 is 0 Å². The zero-order valence-corrected chi connectivity index (χ0v) is 12.9. The first kappa shape index (κ1) is 15.3. The molecular weight excluding hydrogens is 250 g/mol. The van der Waals surface area contributed by atoms with Crippen molar-refractivity contribution in [3.63, 3.8) is 0 Å². The van der Waals surface area contributed by atoms with Crippen LogP contribution in [-0.4, -0.2) is 37.8 Å². The summed E-state index contributed by atoms with van der Waals surface area (Å²) in [4.78, 5) is 7.10. The number of pyridine rings is 1. The van der Waals surface area contributed by atoms with Crippen molar-refractivity contribution in [2.45, 2.75) is 39.3 Å². The summed E-state index contributed by atoms with van der Waals surface area (Å²) in [5.74, 6) is 1.67. The van der Waals surface area contributed by atoms with Crippen LogP contribution in [0.15, 0.2) is 18.2 Å². The molecule has 1 aromatic rings. The highest BCUT2D eigenvalue weighted by molar-refractivity contribution is 5.39. The topological polar surface area (TPSA) is 37.4 Å². The summed E-state index contributed by atoms with van der Waals surface area (Å²) in [7, 11) is 1.75. The first-order chi connectivity index (χ1) is 9.69. The summed E-state index contributed by atoms with van der Waals surface area (Å²) < 4.78 is 5.21. The van der Waals surface area contributed by atoms with Crippen LogP contribution in [0.3, 0.4) is 0 Å². The highest BCUT2D eigenvalue weighted by Crippen LogP contribution is 2.19. The molecule has 20 heavy (non-hydrogen) atoms. The summed E-state index contributed by atoms with van der Waals surface area (Å²) in [5, 5.41) is 3.52. The Morgan fingerprint density at radius 3 is 2.85 bits per heavy atom. The summed E-state index contributed by atoms with van der Waals surface area (Å²) in [5.41, 5.74) is 1.13. The van der Waals surface area contributed by atoms with E-state index in [9.17, 15) is 0 Å². The molecule has 1 aromatic heterocycles. The Kier molecular flexibility index (Phi) is 5.80. The van der Waals surface area contributed by atoms with Crippen molar-refractivity contribution in [1.82, 2.24) is 10.3 Å². The molecule has 1 heterocycles. The third kappa shape index (κ3) is 5.10. The minimum atomic E-state index is 0.613. The molecular formula is C16H27N3O. The van der Waals surface area contributed by atoms with E-state index < -0.39 is 0 Å². The van der Waals surface area contributed by atoms with Crippen molar-refractivity contribution in [1.29, 1.82) is 0 Å². The second kappa shape index (κ2) is 7.60. The van der Waals surface area contributed by atoms with Crippen LogP contribution < -0.4 is 10.2 Å². The Bertz CT molecular complexity index is 404. The highest BCUT2D eigenvalue weighted by Gasteiger charge is 2.20. The number of hydrogen-bond acceptors (Lipinski definition) is 4.